The summed E-state index contributed by atoms with van der Waals surface area (Å²) in [6.45, 7) is 0.657. The second-order valence-electron chi connectivity index (χ2n) is 5.31. The van der Waals surface area contributed by atoms with Crippen molar-refractivity contribution >= 4 is 39.2 Å². The quantitative estimate of drug-likeness (QED) is 0.698. The first-order valence-electron chi connectivity index (χ1n) is 7.54. The highest BCUT2D eigenvalue weighted by Crippen LogP contribution is 2.19. The molecule has 2 aromatic rings. The summed E-state index contributed by atoms with van der Waals surface area (Å²) in [5.41, 5.74) is 1.30. The largest absolute Gasteiger partial charge is 0.455 e. The molecule has 9 heteroatoms. The van der Waals surface area contributed by atoms with Crippen LogP contribution in [0.4, 0.5) is 5.69 Å². The molecule has 0 fully saturated rings. The van der Waals surface area contributed by atoms with Crippen molar-refractivity contribution in [1.29, 1.82) is 0 Å². The number of esters is 1. The number of anilines is 1. The molecule has 0 radical (unpaired) electrons. The van der Waals surface area contributed by atoms with E-state index in [0.29, 0.717) is 10.7 Å². The monoisotopic (exact) mass is 396 g/mol. The van der Waals surface area contributed by atoms with Gasteiger partial charge in [-0.1, -0.05) is 29.8 Å². The van der Waals surface area contributed by atoms with Gasteiger partial charge in [-0.3, -0.25) is 9.59 Å². The van der Waals surface area contributed by atoms with Gasteiger partial charge in [-0.2, -0.15) is 4.72 Å². The van der Waals surface area contributed by atoms with Gasteiger partial charge in [-0.15, -0.1) is 0 Å². The molecule has 0 aromatic heterocycles. The molecule has 2 aromatic carbocycles. The number of rotatable bonds is 7. The third-order valence-corrected chi connectivity index (χ3v) is 4.94. The molecule has 0 aliphatic heterocycles. The zero-order valence-corrected chi connectivity index (χ0v) is 15.4. The Kier molecular flexibility index (Phi) is 6.73. The Morgan fingerprint density at radius 3 is 2.46 bits per heavy atom. The standard InChI is InChI=1S/C17H17ClN2O5S/c1-12-9-13(18)7-8-15(12)20-16(21)11-25-17(22)10-19-26(23,24)14-5-3-2-4-6-14/h2-9,19H,10-11H2,1H3,(H,20,21). The van der Waals surface area contributed by atoms with E-state index in [1.165, 1.54) is 12.1 Å². The minimum absolute atomic E-state index is 0.0313. The molecule has 0 atom stereocenters. The molecule has 0 heterocycles. The van der Waals surface area contributed by atoms with E-state index in [9.17, 15) is 18.0 Å². The fourth-order valence-corrected chi connectivity index (χ4v) is 3.20. The van der Waals surface area contributed by atoms with Crippen LogP contribution in [-0.4, -0.2) is 33.4 Å². The number of hydrogen-bond donors (Lipinski definition) is 2. The first kappa shape index (κ1) is 19.9. The lowest BCUT2D eigenvalue weighted by atomic mass is 10.2. The molecule has 1 amide bonds. The summed E-state index contributed by atoms with van der Waals surface area (Å²) < 4.78 is 30.8. The van der Waals surface area contributed by atoms with E-state index in [2.05, 4.69) is 10.0 Å². The van der Waals surface area contributed by atoms with E-state index < -0.39 is 35.1 Å². The number of carbonyl (C=O) groups excluding carboxylic acids is 2. The van der Waals surface area contributed by atoms with Gasteiger partial charge in [-0.25, -0.2) is 8.42 Å². The Bertz CT molecular complexity index is 901. The second-order valence-corrected chi connectivity index (χ2v) is 7.51. The first-order valence-corrected chi connectivity index (χ1v) is 9.40. The molecular weight excluding hydrogens is 380 g/mol. The first-order chi connectivity index (χ1) is 12.3. The van der Waals surface area contributed by atoms with Gasteiger partial charge in [0.15, 0.2) is 6.61 Å². The molecule has 0 unspecified atom stereocenters. The number of halogens is 1. The van der Waals surface area contributed by atoms with Gasteiger partial charge >= 0.3 is 5.97 Å². The fraction of sp³-hybridized carbons (Fsp3) is 0.176. The second kappa shape index (κ2) is 8.79. The third-order valence-electron chi connectivity index (χ3n) is 3.29. The maximum atomic E-state index is 12.0. The van der Waals surface area contributed by atoms with E-state index in [-0.39, 0.29) is 4.90 Å². The molecule has 0 aliphatic carbocycles. The van der Waals surface area contributed by atoms with Crippen molar-refractivity contribution in [3.63, 3.8) is 0 Å². The smallest absolute Gasteiger partial charge is 0.321 e. The average molecular weight is 397 g/mol. The lowest BCUT2D eigenvalue weighted by Crippen LogP contribution is -2.32. The van der Waals surface area contributed by atoms with Crippen LogP contribution in [0.2, 0.25) is 5.02 Å². The maximum Gasteiger partial charge on any atom is 0.321 e. The van der Waals surface area contributed by atoms with Crippen LogP contribution in [0.1, 0.15) is 5.56 Å². The number of nitrogens with one attached hydrogen (secondary N) is 2. The number of ether oxygens (including phenoxy) is 1. The van der Waals surface area contributed by atoms with Crippen molar-refractivity contribution in [1.82, 2.24) is 4.72 Å². The average Bonchev–Trinajstić information content (AvgIpc) is 2.61. The molecule has 7 nitrogen and oxygen atoms in total. The van der Waals surface area contributed by atoms with Crippen LogP contribution in [0.3, 0.4) is 0 Å². The van der Waals surface area contributed by atoms with Gasteiger partial charge in [0, 0.05) is 10.7 Å². The normalized spacial score (nSPS) is 11.0. The van der Waals surface area contributed by atoms with Gasteiger partial charge in [0.1, 0.15) is 6.54 Å². The number of hydrogen-bond acceptors (Lipinski definition) is 5. The highest BCUT2D eigenvalue weighted by Gasteiger charge is 2.16. The number of benzene rings is 2. The molecule has 2 rings (SSSR count). The fourth-order valence-electron chi connectivity index (χ4n) is 1.99. The predicted octanol–water partition coefficient (Wildman–Crippen LogP) is 2.11. The molecule has 0 bridgehead atoms. The topological polar surface area (TPSA) is 102 Å². The maximum absolute atomic E-state index is 12.0. The van der Waals surface area contributed by atoms with E-state index in [1.807, 2.05) is 0 Å². The molecule has 0 saturated heterocycles. The lowest BCUT2D eigenvalue weighted by molar-refractivity contribution is -0.146. The van der Waals surface area contributed by atoms with E-state index in [4.69, 9.17) is 16.3 Å². The van der Waals surface area contributed by atoms with Crippen LogP contribution in [0, 0.1) is 6.92 Å². The summed E-state index contributed by atoms with van der Waals surface area (Å²) in [6.07, 6.45) is 0. The zero-order valence-electron chi connectivity index (χ0n) is 13.9. The Balaban J connectivity index is 1.80. The molecule has 0 aliphatic rings. The van der Waals surface area contributed by atoms with Crippen molar-refractivity contribution in [2.45, 2.75) is 11.8 Å². The summed E-state index contributed by atoms with van der Waals surface area (Å²) in [7, 11) is -3.82. The lowest BCUT2D eigenvalue weighted by Gasteiger charge is -2.10. The Labute approximate surface area is 156 Å². The number of sulfonamides is 1. The minimum atomic E-state index is -3.82. The summed E-state index contributed by atoms with van der Waals surface area (Å²) in [4.78, 5) is 23.5. The summed E-state index contributed by atoms with van der Waals surface area (Å²) in [6, 6.07) is 12.5. The van der Waals surface area contributed by atoms with E-state index in [0.717, 1.165) is 5.56 Å². The highest BCUT2D eigenvalue weighted by atomic mass is 35.5. The van der Waals surface area contributed by atoms with Crippen molar-refractivity contribution in [2.75, 3.05) is 18.5 Å². The predicted molar refractivity (Wildman–Crippen MR) is 97.4 cm³/mol. The van der Waals surface area contributed by atoms with E-state index in [1.54, 1.807) is 43.3 Å². The van der Waals surface area contributed by atoms with Gasteiger partial charge in [-0.05, 0) is 42.8 Å². The summed E-state index contributed by atoms with van der Waals surface area (Å²) in [5, 5.41) is 3.12. The zero-order chi connectivity index (χ0) is 19.2. The van der Waals surface area contributed by atoms with Crippen molar-refractivity contribution in [2.24, 2.45) is 0 Å². The van der Waals surface area contributed by atoms with Crippen LogP contribution in [0.25, 0.3) is 0 Å². The van der Waals surface area contributed by atoms with Crippen molar-refractivity contribution in [3.05, 3.63) is 59.1 Å². The van der Waals surface area contributed by atoms with Gasteiger partial charge in [0.05, 0.1) is 4.90 Å². The van der Waals surface area contributed by atoms with Crippen LogP contribution < -0.4 is 10.0 Å². The Hall–Kier alpha value is -2.42. The SMILES string of the molecule is Cc1cc(Cl)ccc1NC(=O)COC(=O)CNS(=O)(=O)c1ccccc1. The van der Waals surface area contributed by atoms with Gasteiger partial charge in [0.25, 0.3) is 5.91 Å². The van der Waals surface area contributed by atoms with E-state index >= 15 is 0 Å². The summed E-state index contributed by atoms with van der Waals surface area (Å²) in [5.74, 6) is -1.41. The van der Waals surface area contributed by atoms with Crippen LogP contribution >= 0.6 is 11.6 Å². The Morgan fingerprint density at radius 1 is 1.12 bits per heavy atom. The third kappa shape index (κ3) is 5.83. The van der Waals surface area contributed by atoms with Crippen LogP contribution in [-0.2, 0) is 24.3 Å². The molecule has 138 valence electrons. The number of carbonyl (C=O) groups is 2. The molecule has 0 spiro atoms. The summed E-state index contributed by atoms with van der Waals surface area (Å²) >= 11 is 5.83. The van der Waals surface area contributed by atoms with Crippen molar-refractivity contribution < 1.29 is 22.7 Å². The minimum Gasteiger partial charge on any atom is -0.455 e. The molecule has 0 saturated carbocycles. The molecule has 2 N–H and O–H groups in total. The van der Waals surface area contributed by atoms with Crippen LogP contribution in [0.15, 0.2) is 53.4 Å². The number of aryl methyl sites for hydroxylation is 1. The Morgan fingerprint density at radius 2 is 1.81 bits per heavy atom. The molecular formula is C17H17ClN2O5S. The van der Waals surface area contributed by atoms with Crippen LogP contribution in [0.5, 0.6) is 0 Å². The van der Waals surface area contributed by atoms with Crippen molar-refractivity contribution in [3.8, 4) is 0 Å². The van der Waals surface area contributed by atoms with Gasteiger partial charge < -0.3 is 10.1 Å². The van der Waals surface area contributed by atoms with Gasteiger partial charge in [0.2, 0.25) is 10.0 Å². The molecule has 26 heavy (non-hydrogen) atoms. The highest BCUT2D eigenvalue weighted by molar-refractivity contribution is 7.89. The number of amides is 1.